The molecule has 0 saturated carbocycles. The Balaban J connectivity index is 2.77. The number of aliphatic hydroxyl groups is 1. The van der Waals surface area contributed by atoms with Crippen LogP contribution in [0, 0.1) is 17.8 Å². The highest BCUT2D eigenvalue weighted by molar-refractivity contribution is 5.98. The summed E-state index contributed by atoms with van der Waals surface area (Å²) in [4.78, 5) is 41.0. The van der Waals surface area contributed by atoms with Gasteiger partial charge in [0.1, 0.15) is 17.8 Å². The van der Waals surface area contributed by atoms with Crippen molar-refractivity contribution >= 4 is 29.4 Å². The molecule has 1 N–H and O–H groups in total. The number of hydrogen-bond acceptors (Lipinski definition) is 7. The molecule has 0 radical (unpaired) electrons. The Morgan fingerprint density at radius 3 is 2.23 bits per heavy atom. The first-order valence-corrected chi connectivity index (χ1v) is 15.3. The van der Waals surface area contributed by atoms with Crippen molar-refractivity contribution in [2.75, 3.05) is 19.8 Å². The van der Waals surface area contributed by atoms with Crippen LogP contribution in [0.5, 0.6) is 0 Å². The van der Waals surface area contributed by atoms with Gasteiger partial charge < -0.3 is 19.3 Å². The van der Waals surface area contributed by atoms with Gasteiger partial charge in [-0.2, -0.15) is 0 Å². The number of benzene rings is 1. The van der Waals surface area contributed by atoms with E-state index in [0.29, 0.717) is 32.7 Å². The summed E-state index contributed by atoms with van der Waals surface area (Å²) >= 11 is 0. The summed E-state index contributed by atoms with van der Waals surface area (Å²) in [7, 11) is 0. The van der Waals surface area contributed by atoms with Crippen molar-refractivity contribution < 1.29 is 33.7 Å². The molecule has 0 fully saturated rings. The van der Waals surface area contributed by atoms with Gasteiger partial charge in [0.05, 0.1) is 31.5 Å². The molecule has 1 amide bonds. The number of rotatable bonds is 19. The van der Waals surface area contributed by atoms with Gasteiger partial charge in [-0.05, 0) is 57.6 Å². The van der Waals surface area contributed by atoms with Crippen molar-refractivity contribution in [2.24, 2.45) is 22.7 Å². The predicted molar refractivity (Wildman–Crippen MR) is 172 cm³/mol. The van der Waals surface area contributed by atoms with Crippen LogP contribution in [-0.4, -0.2) is 66.1 Å². The van der Waals surface area contributed by atoms with E-state index < -0.39 is 23.6 Å². The van der Waals surface area contributed by atoms with E-state index in [1.165, 1.54) is 13.8 Å². The molecule has 0 spiro atoms. The molecule has 0 saturated heterocycles. The molecule has 240 valence electrons. The number of ether oxygens (including phenoxy) is 3. The summed E-state index contributed by atoms with van der Waals surface area (Å²) in [5, 5.41) is 10.2. The number of amides is 1. The van der Waals surface area contributed by atoms with Crippen molar-refractivity contribution in [1.29, 1.82) is 0 Å². The van der Waals surface area contributed by atoms with Crippen LogP contribution in [0.2, 0.25) is 0 Å². The monoisotopic (exact) mass is 599 g/mol. The van der Waals surface area contributed by atoms with Gasteiger partial charge in [0, 0.05) is 25.0 Å². The number of hydrogen-bond donors (Lipinski definition) is 1. The van der Waals surface area contributed by atoms with Crippen molar-refractivity contribution in [3.05, 3.63) is 53.6 Å². The second-order valence-corrected chi connectivity index (χ2v) is 12.1. The Hall–Kier alpha value is -2.94. The first-order valence-electron chi connectivity index (χ1n) is 15.3. The summed E-state index contributed by atoms with van der Waals surface area (Å²) in [6, 6.07) is 9.96. The number of Topliss-reactive ketones (excluding diaryl/α,β-unsaturated/α-hetero) is 1. The average molecular weight is 600 g/mol. The molecule has 1 aromatic rings. The van der Waals surface area contributed by atoms with Crippen LogP contribution >= 0.6 is 0 Å². The highest BCUT2D eigenvalue weighted by Crippen LogP contribution is 2.19. The number of carbonyl (C=O) groups excluding carboxylic acids is 3. The lowest BCUT2D eigenvalue weighted by Gasteiger charge is -2.29. The van der Waals surface area contributed by atoms with E-state index in [1.807, 2.05) is 83.2 Å². The van der Waals surface area contributed by atoms with E-state index >= 15 is 0 Å². The standard InChI is InChI=1S/C35H53NO7/c1-10-32(35(8,9)40)43-34(39)27(6)31(38)20-19-26(5)42-23-30(18-14-17-29-15-12-11-13-16-29)22-41-21-25(4)33(24(2)3)36-28(7)37/h11-18,24-27,32,40H,10,19-23H2,1-9H3/b17-14+,30-18+,36-33?/t25?,26?,27?,32-/m1/s1. The fourth-order valence-electron chi connectivity index (χ4n) is 4.44. The Morgan fingerprint density at radius 1 is 1.02 bits per heavy atom. The lowest BCUT2D eigenvalue weighted by Crippen LogP contribution is -2.41. The molecule has 8 nitrogen and oxygen atoms in total. The Bertz CT molecular complexity index is 1100. The summed E-state index contributed by atoms with van der Waals surface area (Å²) in [5.41, 5.74) is 1.63. The molecule has 0 heterocycles. The largest absolute Gasteiger partial charge is 0.459 e. The van der Waals surface area contributed by atoms with Crippen LogP contribution in [0.15, 0.2) is 53.0 Å². The van der Waals surface area contributed by atoms with E-state index in [9.17, 15) is 19.5 Å². The zero-order valence-electron chi connectivity index (χ0n) is 27.6. The lowest BCUT2D eigenvalue weighted by atomic mass is 9.96. The molecule has 0 bridgehead atoms. The number of ketones is 1. The van der Waals surface area contributed by atoms with Crippen molar-refractivity contribution in [2.45, 2.75) is 99.4 Å². The van der Waals surface area contributed by atoms with Gasteiger partial charge in [-0.25, -0.2) is 4.99 Å². The van der Waals surface area contributed by atoms with Gasteiger partial charge in [0.2, 0.25) is 5.91 Å². The highest BCUT2D eigenvalue weighted by Gasteiger charge is 2.32. The molecule has 0 aliphatic carbocycles. The molecule has 3 unspecified atom stereocenters. The summed E-state index contributed by atoms with van der Waals surface area (Å²) in [6.45, 7) is 16.9. The van der Waals surface area contributed by atoms with Crippen molar-refractivity contribution in [3.63, 3.8) is 0 Å². The average Bonchev–Trinajstić information content (AvgIpc) is 2.94. The van der Waals surface area contributed by atoms with E-state index in [1.54, 1.807) is 13.8 Å². The molecule has 8 heteroatoms. The predicted octanol–water partition coefficient (Wildman–Crippen LogP) is 6.41. The quantitative estimate of drug-likeness (QED) is 0.0847. The molecular formula is C35H53NO7. The van der Waals surface area contributed by atoms with Gasteiger partial charge in [0.25, 0.3) is 0 Å². The maximum Gasteiger partial charge on any atom is 0.316 e. The van der Waals surface area contributed by atoms with Crippen LogP contribution in [0.4, 0.5) is 0 Å². The molecule has 43 heavy (non-hydrogen) atoms. The third-order valence-electron chi connectivity index (χ3n) is 7.06. The van der Waals surface area contributed by atoms with Crippen LogP contribution in [-0.2, 0) is 28.6 Å². The van der Waals surface area contributed by atoms with Crippen molar-refractivity contribution in [1.82, 2.24) is 0 Å². The zero-order chi connectivity index (χ0) is 32.6. The molecule has 1 aromatic carbocycles. The Kier molecular flexibility index (Phi) is 17.1. The molecule has 0 aromatic heterocycles. The molecule has 0 aliphatic heterocycles. The number of nitrogens with zero attached hydrogens (tertiary/aromatic N) is 1. The van der Waals surface area contributed by atoms with Gasteiger partial charge in [-0.1, -0.05) is 76.3 Å². The van der Waals surface area contributed by atoms with E-state index in [-0.39, 0.29) is 36.1 Å². The number of esters is 1. The minimum atomic E-state index is -1.18. The van der Waals surface area contributed by atoms with Gasteiger partial charge >= 0.3 is 5.97 Å². The fourth-order valence-corrected chi connectivity index (χ4v) is 4.44. The summed E-state index contributed by atoms with van der Waals surface area (Å²) in [5.74, 6) is -1.85. The minimum absolute atomic E-state index is 0.0133. The molecule has 4 atom stereocenters. The fraction of sp³-hybridized carbons (Fsp3) is 0.600. The Labute approximate surface area is 258 Å². The first-order chi connectivity index (χ1) is 20.1. The topological polar surface area (TPSA) is 111 Å². The van der Waals surface area contributed by atoms with Gasteiger partial charge in [0.15, 0.2) is 0 Å². The maximum absolute atomic E-state index is 12.7. The number of carbonyl (C=O) groups is 3. The molecular weight excluding hydrogens is 546 g/mol. The van der Waals surface area contributed by atoms with Crippen LogP contribution in [0.25, 0.3) is 6.08 Å². The highest BCUT2D eigenvalue weighted by atomic mass is 16.6. The SMILES string of the molecule is CC[C@@H](OC(=O)C(C)C(=O)CCC(C)OC/C(=C/C=C/c1ccccc1)COCC(C)C(=NC(C)=O)C(C)C)C(C)(C)O. The second-order valence-electron chi connectivity index (χ2n) is 12.1. The third kappa shape index (κ3) is 15.4. The summed E-state index contributed by atoms with van der Waals surface area (Å²) in [6.07, 6.45) is 6.08. The van der Waals surface area contributed by atoms with E-state index in [4.69, 9.17) is 14.2 Å². The minimum Gasteiger partial charge on any atom is -0.459 e. The normalized spacial score (nSPS) is 15.8. The number of aliphatic imine (C=N–C) groups is 1. The van der Waals surface area contributed by atoms with Gasteiger partial charge in [-0.15, -0.1) is 0 Å². The van der Waals surface area contributed by atoms with Crippen LogP contribution in [0.3, 0.4) is 0 Å². The first kappa shape index (κ1) is 38.1. The number of allylic oxidation sites excluding steroid dienone is 2. The van der Waals surface area contributed by atoms with Crippen molar-refractivity contribution in [3.8, 4) is 0 Å². The summed E-state index contributed by atoms with van der Waals surface area (Å²) < 4.78 is 17.5. The lowest BCUT2D eigenvalue weighted by molar-refractivity contribution is -0.168. The van der Waals surface area contributed by atoms with Crippen LogP contribution < -0.4 is 0 Å². The molecule has 0 aliphatic rings. The van der Waals surface area contributed by atoms with Gasteiger partial charge in [-0.3, -0.25) is 14.4 Å². The van der Waals surface area contributed by atoms with E-state index in [0.717, 1.165) is 16.8 Å². The maximum atomic E-state index is 12.7. The Morgan fingerprint density at radius 2 is 1.67 bits per heavy atom. The molecule has 1 rings (SSSR count). The van der Waals surface area contributed by atoms with Crippen LogP contribution in [0.1, 0.15) is 87.1 Å². The zero-order valence-corrected chi connectivity index (χ0v) is 27.6. The second kappa shape index (κ2) is 19.4. The third-order valence-corrected chi connectivity index (χ3v) is 7.06. The smallest absolute Gasteiger partial charge is 0.316 e. The van der Waals surface area contributed by atoms with E-state index in [2.05, 4.69) is 4.99 Å².